The number of hydrogen-bond donors (Lipinski definition) is 1. The molecule has 0 unspecified atom stereocenters. The van der Waals surface area contributed by atoms with Gasteiger partial charge in [0.1, 0.15) is 24.7 Å². The summed E-state index contributed by atoms with van der Waals surface area (Å²) in [5.74, 6) is -0.413. The molecule has 0 atom stereocenters. The normalized spacial score (nSPS) is 11.0. The largest absolute Gasteiger partial charge is 0.492 e. The maximum atomic E-state index is 13.3. The van der Waals surface area contributed by atoms with Crippen LogP contribution in [0.15, 0.2) is 54.6 Å². The Hall–Kier alpha value is -2.61. The van der Waals surface area contributed by atoms with Gasteiger partial charge >= 0.3 is 0 Å². The van der Waals surface area contributed by atoms with Crippen molar-refractivity contribution in [3.63, 3.8) is 0 Å². The third-order valence-corrected chi connectivity index (χ3v) is 4.36. The first-order valence-electron chi connectivity index (χ1n) is 7.54. The molecule has 25 heavy (non-hydrogen) atoms. The van der Waals surface area contributed by atoms with Crippen LogP contribution >= 0.6 is 0 Å². The highest BCUT2D eigenvalue weighted by atomic mass is 32.2. The number of amides is 1. The molecule has 0 saturated carbocycles. The summed E-state index contributed by atoms with van der Waals surface area (Å²) in [6, 6.07) is 14.2. The van der Waals surface area contributed by atoms with E-state index in [9.17, 15) is 17.6 Å². The van der Waals surface area contributed by atoms with Gasteiger partial charge in [-0.15, -0.1) is 0 Å². The summed E-state index contributed by atoms with van der Waals surface area (Å²) in [7, 11) is -3.73. The Balaban J connectivity index is 1.89. The summed E-state index contributed by atoms with van der Waals surface area (Å²) in [5.41, 5.74) is 0.0955. The molecule has 8 heteroatoms. The first-order valence-corrected chi connectivity index (χ1v) is 9.39. The summed E-state index contributed by atoms with van der Waals surface area (Å²) in [6.45, 7) is 0.0245. The Labute approximate surface area is 146 Å². The van der Waals surface area contributed by atoms with Crippen molar-refractivity contribution >= 4 is 21.6 Å². The third-order valence-electron chi connectivity index (χ3n) is 3.22. The van der Waals surface area contributed by atoms with Crippen LogP contribution in [0.1, 0.15) is 0 Å². The highest BCUT2D eigenvalue weighted by Crippen LogP contribution is 2.18. The van der Waals surface area contributed by atoms with Gasteiger partial charge in [-0.05, 0) is 30.3 Å². The molecule has 0 aliphatic rings. The van der Waals surface area contributed by atoms with Crippen LogP contribution in [0, 0.1) is 5.82 Å². The zero-order chi connectivity index (χ0) is 18.3. The lowest BCUT2D eigenvalue weighted by Gasteiger charge is -2.21. The van der Waals surface area contributed by atoms with Crippen LogP contribution in [0.25, 0.3) is 0 Å². The number of para-hydroxylation sites is 1. The van der Waals surface area contributed by atoms with E-state index in [1.165, 1.54) is 18.2 Å². The number of anilines is 1. The van der Waals surface area contributed by atoms with Crippen molar-refractivity contribution in [1.29, 1.82) is 0 Å². The van der Waals surface area contributed by atoms with Gasteiger partial charge in [0.2, 0.25) is 15.9 Å². The van der Waals surface area contributed by atoms with Crippen molar-refractivity contribution in [3.05, 3.63) is 60.4 Å². The average molecular weight is 366 g/mol. The molecule has 0 heterocycles. The smallest absolute Gasteiger partial charge is 0.240 e. The van der Waals surface area contributed by atoms with Gasteiger partial charge in [0.15, 0.2) is 0 Å². The minimum absolute atomic E-state index is 0.0955. The number of carbonyl (C=O) groups is 1. The Morgan fingerprint density at radius 2 is 1.88 bits per heavy atom. The fraction of sp³-hybridized carbons (Fsp3) is 0.235. The van der Waals surface area contributed by atoms with Crippen LogP contribution in [0.5, 0.6) is 5.75 Å². The van der Waals surface area contributed by atoms with Crippen LogP contribution in [0.2, 0.25) is 0 Å². The molecule has 134 valence electrons. The lowest BCUT2D eigenvalue weighted by molar-refractivity contribution is -0.119. The van der Waals surface area contributed by atoms with Crippen LogP contribution in [0.3, 0.4) is 0 Å². The summed E-state index contributed by atoms with van der Waals surface area (Å²) in [4.78, 5) is 12.0. The number of nitrogens with one attached hydrogen (secondary N) is 1. The Morgan fingerprint density at radius 3 is 2.52 bits per heavy atom. The second kappa shape index (κ2) is 8.48. The number of ether oxygens (including phenoxy) is 1. The van der Waals surface area contributed by atoms with Gasteiger partial charge in [-0.25, -0.2) is 12.8 Å². The molecule has 0 fully saturated rings. The number of hydrogen-bond acceptors (Lipinski definition) is 4. The maximum Gasteiger partial charge on any atom is 0.240 e. The molecule has 6 nitrogen and oxygen atoms in total. The van der Waals surface area contributed by atoms with E-state index in [0.29, 0.717) is 5.75 Å². The van der Waals surface area contributed by atoms with E-state index in [1.807, 2.05) is 18.2 Å². The number of nitrogens with zero attached hydrogens (tertiary/aromatic N) is 1. The summed E-state index contributed by atoms with van der Waals surface area (Å²) in [5, 5.41) is 2.58. The summed E-state index contributed by atoms with van der Waals surface area (Å²) < 4.78 is 43.4. The zero-order valence-corrected chi connectivity index (χ0v) is 14.5. The van der Waals surface area contributed by atoms with Gasteiger partial charge in [0.25, 0.3) is 0 Å². The molecule has 2 aromatic carbocycles. The van der Waals surface area contributed by atoms with Gasteiger partial charge in [0, 0.05) is 0 Å². The molecule has 1 amide bonds. The fourth-order valence-corrected chi connectivity index (χ4v) is 2.94. The van der Waals surface area contributed by atoms with Gasteiger partial charge in [0.05, 0.1) is 18.5 Å². The summed E-state index contributed by atoms with van der Waals surface area (Å²) >= 11 is 0. The van der Waals surface area contributed by atoms with Crippen LogP contribution < -0.4 is 14.4 Å². The van der Waals surface area contributed by atoms with Gasteiger partial charge in [-0.1, -0.05) is 24.3 Å². The van der Waals surface area contributed by atoms with Crippen molar-refractivity contribution in [3.8, 4) is 5.75 Å². The SMILES string of the molecule is CS(=O)(=O)N(CC(=O)NCCOc1ccccc1)c1cccc(F)c1. The topological polar surface area (TPSA) is 75.7 Å². The molecule has 0 aromatic heterocycles. The van der Waals surface area contributed by atoms with Crippen molar-refractivity contribution in [2.45, 2.75) is 0 Å². The molecular weight excluding hydrogens is 347 g/mol. The highest BCUT2D eigenvalue weighted by Gasteiger charge is 2.21. The van der Waals surface area contributed by atoms with E-state index < -0.39 is 28.3 Å². The number of carbonyl (C=O) groups excluding carboxylic acids is 1. The quantitative estimate of drug-likeness (QED) is 0.723. The molecule has 1 N–H and O–H groups in total. The first kappa shape index (κ1) is 18.7. The lowest BCUT2D eigenvalue weighted by Crippen LogP contribution is -2.41. The lowest BCUT2D eigenvalue weighted by atomic mass is 10.3. The second-order valence-electron chi connectivity index (χ2n) is 5.26. The summed E-state index contributed by atoms with van der Waals surface area (Å²) in [6.07, 6.45) is 0.962. The van der Waals surface area contributed by atoms with E-state index in [4.69, 9.17) is 4.74 Å². The minimum Gasteiger partial charge on any atom is -0.492 e. The molecule has 0 bridgehead atoms. The fourth-order valence-electron chi connectivity index (χ4n) is 2.09. The van der Waals surface area contributed by atoms with Crippen molar-refractivity contribution in [2.24, 2.45) is 0 Å². The maximum absolute atomic E-state index is 13.3. The predicted octanol–water partition coefficient (Wildman–Crippen LogP) is 1.79. The third kappa shape index (κ3) is 6.07. The predicted molar refractivity (Wildman–Crippen MR) is 93.5 cm³/mol. The van der Waals surface area contributed by atoms with E-state index in [1.54, 1.807) is 12.1 Å². The minimum atomic E-state index is -3.73. The van der Waals surface area contributed by atoms with Crippen molar-refractivity contribution < 1.29 is 22.3 Å². The van der Waals surface area contributed by atoms with E-state index in [-0.39, 0.29) is 18.8 Å². The Kier molecular flexibility index (Phi) is 6.35. The standard InChI is InChI=1S/C17H19FN2O4S/c1-25(22,23)20(15-7-5-6-14(18)12-15)13-17(21)19-10-11-24-16-8-3-2-4-9-16/h2-9,12H,10-11,13H2,1H3,(H,19,21). The van der Waals surface area contributed by atoms with Crippen molar-refractivity contribution in [2.75, 3.05) is 30.3 Å². The van der Waals surface area contributed by atoms with Gasteiger partial charge in [-0.3, -0.25) is 9.10 Å². The number of sulfonamides is 1. The average Bonchev–Trinajstić information content (AvgIpc) is 2.56. The molecule has 0 aliphatic heterocycles. The number of benzene rings is 2. The molecule has 0 saturated heterocycles. The zero-order valence-electron chi connectivity index (χ0n) is 13.7. The molecule has 2 rings (SSSR count). The van der Waals surface area contributed by atoms with Crippen LogP contribution in [-0.4, -0.2) is 40.3 Å². The molecule has 0 aliphatic carbocycles. The molecular formula is C17H19FN2O4S. The van der Waals surface area contributed by atoms with Gasteiger partial charge in [-0.2, -0.15) is 0 Å². The highest BCUT2D eigenvalue weighted by molar-refractivity contribution is 7.92. The van der Waals surface area contributed by atoms with Crippen LogP contribution in [-0.2, 0) is 14.8 Å². The van der Waals surface area contributed by atoms with Crippen molar-refractivity contribution in [1.82, 2.24) is 5.32 Å². The number of rotatable bonds is 8. The Bertz CT molecular complexity index is 812. The number of halogens is 1. The van der Waals surface area contributed by atoms with Crippen LogP contribution in [0.4, 0.5) is 10.1 Å². The van der Waals surface area contributed by atoms with E-state index in [2.05, 4.69) is 5.32 Å². The molecule has 2 aromatic rings. The first-order chi connectivity index (χ1) is 11.9. The second-order valence-corrected chi connectivity index (χ2v) is 7.17. The molecule has 0 spiro atoms. The van der Waals surface area contributed by atoms with E-state index in [0.717, 1.165) is 16.6 Å². The van der Waals surface area contributed by atoms with E-state index >= 15 is 0 Å². The monoisotopic (exact) mass is 366 g/mol. The molecule has 0 radical (unpaired) electrons. The van der Waals surface area contributed by atoms with Gasteiger partial charge < -0.3 is 10.1 Å². The Morgan fingerprint density at radius 1 is 1.16 bits per heavy atom.